The topological polar surface area (TPSA) is 101 Å². The van der Waals surface area contributed by atoms with Gasteiger partial charge in [-0.05, 0) is 71.0 Å². The Labute approximate surface area is 180 Å². The highest BCUT2D eigenvalue weighted by Crippen LogP contribution is 2.27. The van der Waals surface area contributed by atoms with E-state index in [2.05, 4.69) is 30.3 Å². The molecule has 158 valence electrons. The molecule has 8 nitrogen and oxygen atoms in total. The monoisotopic (exact) mass is 438 g/mol. The van der Waals surface area contributed by atoms with Crippen LogP contribution in [0.2, 0.25) is 5.02 Å². The lowest BCUT2D eigenvalue weighted by Gasteiger charge is -2.31. The highest BCUT2D eigenvalue weighted by atomic mass is 35.5. The molecule has 0 aromatic carbocycles. The van der Waals surface area contributed by atoms with E-state index < -0.39 is 5.60 Å². The normalized spacial score (nSPS) is 19.5. The molecule has 0 radical (unpaired) electrons. The maximum absolute atomic E-state index is 12.1. The van der Waals surface area contributed by atoms with Crippen molar-refractivity contribution in [3.8, 4) is 0 Å². The van der Waals surface area contributed by atoms with E-state index in [9.17, 15) is 4.79 Å². The van der Waals surface area contributed by atoms with Crippen LogP contribution in [0.1, 0.15) is 52.1 Å². The van der Waals surface area contributed by atoms with Crippen LogP contribution in [-0.2, 0) is 4.74 Å². The van der Waals surface area contributed by atoms with Gasteiger partial charge < -0.3 is 20.7 Å². The molecule has 10 heteroatoms. The molecule has 1 aliphatic carbocycles. The molecule has 3 rings (SSSR count). The summed E-state index contributed by atoms with van der Waals surface area (Å²) in [6, 6.07) is 2.13. The molecule has 0 spiro atoms. The fourth-order valence-electron chi connectivity index (χ4n) is 3.18. The largest absolute Gasteiger partial charge is 0.444 e. The number of carbonyl (C=O) groups excluding carboxylic acids is 1. The lowest BCUT2D eigenvalue weighted by Crippen LogP contribution is -2.44. The summed E-state index contributed by atoms with van der Waals surface area (Å²) in [6.45, 7) is 7.50. The Hall–Kier alpha value is -2.13. The molecule has 3 N–H and O–H groups in total. The van der Waals surface area contributed by atoms with Crippen LogP contribution in [0, 0.1) is 6.92 Å². The minimum absolute atomic E-state index is 0.0504. The van der Waals surface area contributed by atoms with Gasteiger partial charge in [-0.1, -0.05) is 11.6 Å². The number of rotatable bonds is 5. The lowest BCUT2D eigenvalue weighted by atomic mass is 9.91. The minimum Gasteiger partial charge on any atom is -0.444 e. The van der Waals surface area contributed by atoms with Crippen LogP contribution in [0.4, 0.5) is 21.6 Å². The van der Waals surface area contributed by atoms with Gasteiger partial charge >= 0.3 is 6.09 Å². The van der Waals surface area contributed by atoms with Crippen LogP contribution < -0.4 is 16.0 Å². The third-order valence-corrected chi connectivity index (χ3v) is 5.42. The average molecular weight is 439 g/mol. The van der Waals surface area contributed by atoms with Crippen molar-refractivity contribution in [3.05, 3.63) is 23.0 Å². The number of anilines is 3. The zero-order chi connectivity index (χ0) is 21.0. The molecule has 2 aromatic heterocycles. The number of nitrogens with zero attached hydrogens (tertiary/aromatic N) is 3. The molecule has 29 heavy (non-hydrogen) atoms. The first-order chi connectivity index (χ1) is 13.7. The molecule has 1 saturated carbocycles. The van der Waals surface area contributed by atoms with E-state index >= 15 is 0 Å². The fraction of sp³-hybridized carbons (Fsp3) is 0.579. The van der Waals surface area contributed by atoms with E-state index in [-0.39, 0.29) is 18.2 Å². The second kappa shape index (κ2) is 9.13. The molecule has 0 saturated heterocycles. The Balaban J connectivity index is 1.60. The summed E-state index contributed by atoms with van der Waals surface area (Å²) in [4.78, 5) is 20.8. The third-order valence-electron chi connectivity index (χ3n) is 4.34. The zero-order valence-corrected chi connectivity index (χ0v) is 18.7. The summed E-state index contributed by atoms with van der Waals surface area (Å²) in [5.41, 5.74) is 0.431. The second-order valence-electron chi connectivity index (χ2n) is 8.20. The number of aryl methyl sites for hydroxylation is 1. The molecular weight excluding hydrogens is 412 g/mol. The van der Waals surface area contributed by atoms with Gasteiger partial charge in [-0.3, -0.25) is 0 Å². The first-order valence-electron chi connectivity index (χ1n) is 9.67. The SMILES string of the molecule is Cc1cc(Nc2ncc(Cl)c(NC3CCCC(NC(=O)OC(C)(C)C)C3)n2)sn1. The number of hydrogen-bond donors (Lipinski definition) is 3. The van der Waals surface area contributed by atoms with E-state index in [1.165, 1.54) is 11.5 Å². The number of halogens is 1. The fourth-order valence-corrected chi connectivity index (χ4v) is 3.98. The van der Waals surface area contributed by atoms with E-state index in [1.54, 1.807) is 6.20 Å². The van der Waals surface area contributed by atoms with Gasteiger partial charge in [0, 0.05) is 12.1 Å². The van der Waals surface area contributed by atoms with Crippen molar-refractivity contribution < 1.29 is 9.53 Å². The number of aromatic nitrogens is 3. The van der Waals surface area contributed by atoms with E-state index in [0.717, 1.165) is 36.4 Å². The Morgan fingerprint density at radius 3 is 2.76 bits per heavy atom. The second-order valence-corrected chi connectivity index (χ2v) is 9.41. The first-order valence-corrected chi connectivity index (χ1v) is 10.8. The summed E-state index contributed by atoms with van der Waals surface area (Å²) in [5.74, 6) is 1.04. The van der Waals surface area contributed by atoms with Crippen LogP contribution in [0.25, 0.3) is 0 Å². The van der Waals surface area contributed by atoms with Crippen molar-refractivity contribution in [3.63, 3.8) is 0 Å². The number of nitrogens with one attached hydrogen (secondary N) is 3. The van der Waals surface area contributed by atoms with Gasteiger partial charge in [0.15, 0.2) is 5.82 Å². The van der Waals surface area contributed by atoms with Crippen molar-refractivity contribution >= 4 is 46.0 Å². The van der Waals surface area contributed by atoms with Gasteiger partial charge in [0.25, 0.3) is 0 Å². The van der Waals surface area contributed by atoms with Gasteiger partial charge in [-0.15, -0.1) is 0 Å². The van der Waals surface area contributed by atoms with Gasteiger partial charge in [-0.25, -0.2) is 9.78 Å². The molecule has 2 atom stereocenters. The van der Waals surface area contributed by atoms with Crippen molar-refractivity contribution in [2.45, 2.75) is 71.1 Å². The van der Waals surface area contributed by atoms with Crippen LogP contribution >= 0.6 is 23.1 Å². The van der Waals surface area contributed by atoms with E-state index in [1.807, 2.05) is 33.8 Å². The highest BCUT2D eigenvalue weighted by molar-refractivity contribution is 7.10. The molecule has 2 aromatic rings. The van der Waals surface area contributed by atoms with Crippen LogP contribution in [0.15, 0.2) is 12.3 Å². The number of hydrogen-bond acceptors (Lipinski definition) is 8. The molecule has 2 unspecified atom stereocenters. The van der Waals surface area contributed by atoms with Crippen LogP contribution in [-0.4, -0.2) is 38.1 Å². The number of ether oxygens (including phenoxy) is 1. The quantitative estimate of drug-likeness (QED) is 0.611. The Morgan fingerprint density at radius 2 is 2.07 bits per heavy atom. The Kier molecular flexibility index (Phi) is 6.79. The summed E-state index contributed by atoms with van der Waals surface area (Å²) in [6.07, 6.45) is 4.86. The first kappa shape index (κ1) is 21.6. The van der Waals surface area contributed by atoms with Gasteiger partial charge in [-0.2, -0.15) is 9.36 Å². The summed E-state index contributed by atoms with van der Waals surface area (Å²) < 4.78 is 9.60. The van der Waals surface area contributed by atoms with Gasteiger partial charge in [0.05, 0.1) is 11.9 Å². The van der Waals surface area contributed by atoms with Crippen molar-refractivity contribution in [2.75, 3.05) is 10.6 Å². The van der Waals surface area contributed by atoms with Gasteiger partial charge in [0.1, 0.15) is 15.6 Å². The zero-order valence-electron chi connectivity index (χ0n) is 17.1. The minimum atomic E-state index is -0.509. The summed E-state index contributed by atoms with van der Waals surface area (Å²) in [7, 11) is 0. The average Bonchev–Trinajstić information content (AvgIpc) is 3.01. The van der Waals surface area contributed by atoms with E-state index in [0.29, 0.717) is 16.8 Å². The van der Waals surface area contributed by atoms with Crippen molar-refractivity contribution in [2.24, 2.45) is 0 Å². The third kappa shape index (κ3) is 6.71. The Morgan fingerprint density at radius 1 is 1.31 bits per heavy atom. The van der Waals surface area contributed by atoms with Crippen molar-refractivity contribution in [1.82, 2.24) is 19.7 Å². The molecule has 2 heterocycles. The highest BCUT2D eigenvalue weighted by Gasteiger charge is 2.26. The van der Waals surface area contributed by atoms with Crippen LogP contribution in [0.3, 0.4) is 0 Å². The predicted octanol–water partition coefficient (Wildman–Crippen LogP) is 4.89. The maximum atomic E-state index is 12.1. The maximum Gasteiger partial charge on any atom is 0.407 e. The van der Waals surface area contributed by atoms with Crippen LogP contribution in [0.5, 0.6) is 0 Å². The number of carbonyl (C=O) groups is 1. The molecule has 0 bridgehead atoms. The lowest BCUT2D eigenvalue weighted by molar-refractivity contribution is 0.0492. The molecular formula is C19H27ClN6O2S. The van der Waals surface area contributed by atoms with Gasteiger partial charge in [0.2, 0.25) is 5.95 Å². The Bertz CT molecular complexity index is 853. The standard InChI is InChI=1S/C19H27ClN6O2S/c1-11-8-15(29-26-11)24-17-21-10-14(20)16(25-17)22-12-6-5-7-13(9-12)23-18(27)28-19(2,3)4/h8,10,12-13H,5-7,9H2,1-4H3,(H,23,27)(H2,21,22,24,25). The van der Waals surface area contributed by atoms with Crippen molar-refractivity contribution in [1.29, 1.82) is 0 Å². The molecule has 0 aliphatic heterocycles. The number of alkyl carbamates (subject to hydrolysis) is 1. The molecule has 1 aliphatic rings. The predicted molar refractivity (Wildman–Crippen MR) is 116 cm³/mol. The summed E-state index contributed by atoms with van der Waals surface area (Å²) in [5, 5.41) is 10.8. The molecule has 1 amide bonds. The van der Waals surface area contributed by atoms with E-state index in [4.69, 9.17) is 16.3 Å². The summed E-state index contributed by atoms with van der Waals surface area (Å²) >= 11 is 7.65. The number of amides is 1. The molecule has 1 fully saturated rings. The smallest absolute Gasteiger partial charge is 0.407 e.